The van der Waals surface area contributed by atoms with Crippen LogP contribution in [-0.2, 0) is 17.7 Å². The van der Waals surface area contributed by atoms with E-state index < -0.39 is 6.10 Å². The Morgan fingerprint density at radius 1 is 0.938 bits per heavy atom. The van der Waals surface area contributed by atoms with Crippen LogP contribution in [0.25, 0.3) is 0 Å². The van der Waals surface area contributed by atoms with Crippen LogP contribution in [-0.4, -0.2) is 86.0 Å². The number of nitrogens with zero attached hydrogens (tertiary/aromatic N) is 3. The van der Waals surface area contributed by atoms with Gasteiger partial charge in [-0.25, -0.2) is 0 Å². The molecule has 0 unspecified atom stereocenters. The Bertz CT molecular complexity index is 960. The van der Waals surface area contributed by atoms with Crippen LogP contribution < -0.4 is 9.64 Å². The van der Waals surface area contributed by atoms with Gasteiger partial charge in [-0.05, 0) is 29.7 Å². The third-order valence-electron chi connectivity index (χ3n) is 6.59. The van der Waals surface area contributed by atoms with Crippen molar-refractivity contribution in [2.75, 3.05) is 64.0 Å². The van der Waals surface area contributed by atoms with Gasteiger partial charge in [-0.2, -0.15) is 0 Å². The Morgan fingerprint density at radius 3 is 2.59 bits per heavy atom. The molecule has 7 heteroatoms. The molecule has 1 saturated heterocycles. The summed E-state index contributed by atoms with van der Waals surface area (Å²) in [7, 11) is 0. The first kappa shape index (κ1) is 21.2. The molecule has 0 aliphatic carbocycles. The van der Waals surface area contributed by atoms with E-state index >= 15 is 0 Å². The minimum atomic E-state index is -0.599. The van der Waals surface area contributed by atoms with E-state index in [0.29, 0.717) is 50.8 Å². The average Bonchev–Trinajstić information content (AvgIpc) is 2.98. The summed E-state index contributed by atoms with van der Waals surface area (Å²) in [5, 5.41) is 10.8. The Labute approximate surface area is 189 Å². The van der Waals surface area contributed by atoms with E-state index in [4.69, 9.17) is 9.47 Å². The highest BCUT2D eigenvalue weighted by Gasteiger charge is 2.27. The Hall–Kier alpha value is -2.61. The zero-order chi connectivity index (χ0) is 21.9. The quantitative estimate of drug-likeness (QED) is 0.769. The van der Waals surface area contributed by atoms with Gasteiger partial charge in [0.2, 0.25) is 0 Å². The average molecular weight is 438 g/mol. The van der Waals surface area contributed by atoms with Crippen molar-refractivity contribution in [3.8, 4) is 5.75 Å². The van der Waals surface area contributed by atoms with Gasteiger partial charge in [-0.15, -0.1) is 0 Å². The molecule has 32 heavy (non-hydrogen) atoms. The normalized spacial score (nSPS) is 20.2. The van der Waals surface area contributed by atoms with Crippen LogP contribution in [0.1, 0.15) is 21.5 Å². The number of amides is 1. The molecule has 3 aliphatic rings. The van der Waals surface area contributed by atoms with Crippen LogP contribution in [0, 0.1) is 0 Å². The minimum absolute atomic E-state index is 0.0749. The first-order valence-electron chi connectivity index (χ1n) is 11.5. The van der Waals surface area contributed by atoms with Crippen LogP contribution in [0.15, 0.2) is 42.5 Å². The SMILES string of the molecule is O=C1c2ccc(N3CCOCC3)cc2OCCN1C[C@H](O)CN1CCc2ccccc2C1. The number of benzene rings is 2. The van der Waals surface area contributed by atoms with Crippen molar-refractivity contribution in [1.82, 2.24) is 9.80 Å². The van der Waals surface area contributed by atoms with E-state index in [2.05, 4.69) is 34.1 Å². The molecule has 1 atom stereocenters. The molecule has 1 N–H and O–H groups in total. The number of rotatable bonds is 5. The van der Waals surface area contributed by atoms with Crippen molar-refractivity contribution in [2.45, 2.75) is 19.1 Å². The Balaban J connectivity index is 1.22. The molecule has 0 aromatic heterocycles. The van der Waals surface area contributed by atoms with Gasteiger partial charge in [-0.3, -0.25) is 9.69 Å². The van der Waals surface area contributed by atoms with E-state index in [-0.39, 0.29) is 5.91 Å². The van der Waals surface area contributed by atoms with Crippen LogP contribution in [0.4, 0.5) is 5.69 Å². The topological polar surface area (TPSA) is 65.5 Å². The molecule has 7 nitrogen and oxygen atoms in total. The van der Waals surface area contributed by atoms with Gasteiger partial charge >= 0.3 is 0 Å². The van der Waals surface area contributed by atoms with Gasteiger partial charge < -0.3 is 24.4 Å². The molecular weight excluding hydrogens is 406 g/mol. The van der Waals surface area contributed by atoms with Crippen LogP contribution in [0.5, 0.6) is 5.75 Å². The maximum atomic E-state index is 13.2. The van der Waals surface area contributed by atoms with E-state index in [9.17, 15) is 9.90 Å². The van der Waals surface area contributed by atoms with E-state index in [0.717, 1.165) is 38.3 Å². The maximum Gasteiger partial charge on any atom is 0.257 e. The molecule has 3 aliphatic heterocycles. The van der Waals surface area contributed by atoms with Gasteiger partial charge in [0.15, 0.2) is 0 Å². The molecular formula is C25H31N3O4. The van der Waals surface area contributed by atoms with Crippen LogP contribution in [0.2, 0.25) is 0 Å². The largest absolute Gasteiger partial charge is 0.491 e. The molecule has 0 radical (unpaired) electrons. The lowest BCUT2D eigenvalue weighted by Crippen LogP contribution is -2.44. The first-order valence-corrected chi connectivity index (χ1v) is 11.5. The van der Waals surface area contributed by atoms with Gasteiger partial charge in [-0.1, -0.05) is 24.3 Å². The number of fused-ring (bicyclic) bond motifs is 2. The number of aliphatic hydroxyl groups is 1. The predicted molar refractivity (Wildman–Crippen MR) is 122 cm³/mol. The number of aliphatic hydroxyl groups excluding tert-OH is 1. The van der Waals surface area contributed by atoms with E-state index in [1.807, 2.05) is 18.2 Å². The van der Waals surface area contributed by atoms with Crippen LogP contribution in [0.3, 0.4) is 0 Å². The summed E-state index contributed by atoms with van der Waals surface area (Å²) in [6.07, 6.45) is 0.400. The smallest absolute Gasteiger partial charge is 0.257 e. The third kappa shape index (κ3) is 4.60. The summed E-state index contributed by atoms with van der Waals surface area (Å²) >= 11 is 0. The van der Waals surface area contributed by atoms with Crippen molar-refractivity contribution in [3.63, 3.8) is 0 Å². The number of morpholine rings is 1. The summed E-state index contributed by atoms with van der Waals surface area (Å²) in [5.41, 5.74) is 4.35. The highest BCUT2D eigenvalue weighted by Crippen LogP contribution is 2.29. The molecule has 1 fully saturated rings. The summed E-state index contributed by atoms with van der Waals surface area (Å²) < 4.78 is 11.4. The second-order valence-corrected chi connectivity index (χ2v) is 8.79. The summed E-state index contributed by atoms with van der Waals surface area (Å²) in [4.78, 5) is 19.5. The molecule has 1 amide bonds. The lowest BCUT2D eigenvalue weighted by molar-refractivity contribution is 0.0501. The fourth-order valence-corrected chi connectivity index (χ4v) is 4.86. The second kappa shape index (κ2) is 9.48. The maximum absolute atomic E-state index is 13.2. The number of hydrogen-bond acceptors (Lipinski definition) is 6. The van der Waals surface area contributed by atoms with Gasteiger partial charge in [0, 0.05) is 51.0 Å². The van der Waals surface area contributed by atoms with E-state index in [1.165, 1.54) is 11.1 Å². The second-order valence-electron chi connectivity index (χ2n) is 8.79. The summed E-state index contributed by atoms with van der Waals surface area (Å²) in [6, 6.07) is 14.3. The standard InChI is InChI=1S/C25H31N3O4/c29-22(17-26-8-7-19-3-1-2-4-20(19)16-26)18-28-11-14-32-24-15-21(5-6-23(24)25(28)30)27-9-12-31-13-10-27/h1-6,15,22,29H,7-14,16-18H2/t22-/m1/s1. The lowest BCUT2D eigenvalue weighted by atomic mass is 10.00. The number of β-amino-alcohol motifs (C(OH)–C–C–N with tert-alkyl or cyclic N) is 1. The third-order valence-corrected chi connectivity index (χ3v) is 6.59. The first-order chi connectivity index (χ1) is 15.7. The molecule has 5 rings (SSSR count). The molecule has 0 spiro atoms. The molecule has 2 aromatic carbocycles. The number of hydrogen-bond donors (Lipinski definition) is 1. The number of carbonyl (C=O) groups excluding carboxylic acids is 1. The predicted octanol–water partition coefficient (Wildman–Crippen LogP) is 1.78. The lowest BCUT2D eigenvalue weighted by Gasteiger charge is -2.32. The number of anilines is 1. The van der Waals surface area contributed by atoms with Gasteiger partial charge in [0.25, 0.3) is 5.91 Å². The monoisotopic (exact) mass is 437 g/mol. The summed E-state index contributed by atoms with van der Waals surface area (Å²) in [6.45, 7) is 6.65. The fourth-order valence-electron chi connectivity index (χ4n) is 4.86. The van der Waals surface area contributed by atoms with Crippen molar-refractivity contribution in [3.05, 3.63) is 59.2 Å². The van der Waals surface area contributed by atoms with Gasteiger partial charge in [0.1, 0.15) is 12.4 Å². The van der Waals surface area contributed by atoms with Crippen molar-refractivity contribution in [1.29, 1.82) is 0 Å². The van der Waals surface area contributed by atoms with Crippen LogP contribution >= 0.6 is 0 Å². The van der Waals surface area contributed by atoms with Gasteiger partial charge in [0.05, 0.1) is 31.4 Å². The zero-order valence-electron chi connectivity index (χ0n) is 18.4. The molecule has 2 aromatic rings. The highest BCUT2D eigenvalue weighted by molar-refractivity contribution is 5.97. The van der Waals surface area contributed by atoms with E-state index in [1.54, 1.807) is 4.90 Å². The minimum Gasteiger partial charge on any atom is -0.491 e. The highest BCUT2D eigenvalue weighted by atomic mass is 16.5. The number of ether oxygens (including phenoxy) is 2. The van der Waals surface area contributed by atoms with Crippen molar-refractivity contribution < 1.29 is 19.4 Å². The molecule has 0 bridgehead atoms. The molecule has 170 valence electrons. The zero-order valence-corrected chi connectivity index (χ0v) is 18.4. The number of carbonyl (C=O) groups is 1. The molecule has 0 saturated carbocycles. The summed E-state index contributed by atoms with van der Waals surface area (Å²) in [5.74, 6) is 0.553. The molecule has 3 heterocycles. The Morgan fingerprint density at radius 2 is 1.75 bits per heavy atom. The Kier molecular flexibility index (Phi) is 6.30. The van der Waals surface area contributed by atoms with Crippen molar-refractivity contribution in [2.24, 2.45) is 0 Å². The van der Waals surface area contributed by atoms with Crippen molar-refractivity contribution >= 4 is 11.6 Å². The fraction of sp³-hybridized carbons (Fsp3) is 0.480.